The van der Waals surface area contributed by atoms with Gasteiger partial charge in [0.25, 0.3) is 0 Å². The first-order valence-corrected chi connectivity index (χ1v) is 12.1. The fourth-order valence-corrected chi connectivity index (χ4v) is 4.45. The lowest BCUT2D eigenvalue weighted by atomic mass is 9.84. The van der Waals surface area contributed by atoms with E-state index in [-0.39, 0.29) is 37.2 Å². The zero-order chi connectivity index (χ0) is 25.8. The van der Waals surface area contributed by atoms with Gasteiger partial charge in [0.2, 0.25) is 5.91 Å². The third-order valence-electron chi connectivity index (χ3n) is 6.62. The topological polar surface area (TPSA) is 105 Å². The SMILES string of the molecule is CC(C)[C@@H](CC(=O)NC(CC(=O)O)C(C)(C)C)NC(=O)OCC1c2ccccc2-c2ccccc21. The molecule has 1 unspecified atom stereocenters. The highest BCUT2D eigenvalue weighted by Gasteiger charge is 2.31. The molecular formula is C28H36N2O5. The average Bonchev–Trinajstić information content (AvgIpc) is 3.09. The van der Waals surface area contributed by atoms with E-state index in [1.54, 1.807) is 0 Å². The Bertz CT molecular complexity index is 1030. The molecule has 2 amide bonds. The zero-order valence-corrected chi connectivity index (χ0v) is 21.1. The van der Waals surface area contributed by atoms with Crippen LogP contribution in [0.5, 0.6) is 0 Å². The summed E-state index contributed by atoms with van der Waals surface area (Å²) < 4.78 is 5.63. The van der Waals surface area contributed by atoms with Crippen LogP contribution in [0.1, 0.15) is 64.5 Å². The van der Waals surface area contributed by atoms with Gasteiger partial charge in [0.05, 0.1) is 6.42 Å². The van der Waals surface area contributed by atoms with Crippen LogP contribution in [0.15, 0.2) is 48.5 Å². The van der Waals surface area contributed by atoms with Crippen LogP contribution in [0.3, 0.4) is 0 Å². The number of alkyl carbamates (subject to hydrolysis) is 1. The lowest BCUT2D eigenvalue weighted by molar-refractivity contribution is -0.138. The van der Waals surface area contributed by atoms with Crippen LogP contribution in [0.2, 0.25) is 0 Å². The van der Waals surface area contributed by atoms with Crippen LogP contribution in [-0.4, -0.2) is 41.8 Å². The maximum Gasteiger partial charge on any atom is 0.407 e. The van der Waals surface area contributed by atoms with Crippen molar-refractivity contribution in [3.8, 4) is 11.1 Å². The highest BCUT2D eigenvalue weighted by atomic mass is 16.5. The van der Waals surface area contributed by atoms with Gasteiger partial charge in [-0.3, -0.25) is 9.59 Å². The van der Waals surface area contributed by atoms with E-state index < -0.39 is 29.6 Å². The second-order valence-electron chi connectivity index (χ2n) is 10.6. The Hall–Kier alpha value is -3.35. The van der Waals surface area contributed by atoms with Gasteiger partial charge >= 0.3 is 12.1 Å². The predicted octanol–water partition coefficient (Wildman–Crippen LogP) is 4.95. The second kappa shape index (κ2) is 10.9. The summed E-state index contributed by atoms with van der Waals surface area (Å²) in [6.45, 7) is 9.68. The number of carboxylic acid groups (broad SMARTS) is 1. The molecule has 0 bridgehead atoms. The largest absolute Gasteiger partial charge is 0.481 e. The van der Waals surface area contributed by atoms with Crippen molar-refractivity contribution < 1.29 is 24.2 Å². The molecule has 2 aromatic carbocycles. The third-order valence-corrected chi connectivity index (χ3v) is 6.62. The normalized spacial score (nSPS) is 14.6. The Morgan fingerprint density at radius 1 is 0.914 bits per heavy atom. The molecule has 7 heteroatoms. The number of aliphatic carboxylic acids is 1. The summed E-state index contributed by atoms with van der Waals surface area (Å²) in [6.07, 6.45) is -0.702. The van der Waals surface area contributed by atoms with Gasteiger partial charge in [0, 0.05) is 24.4 Å². The molecule has 0 fully saturated rings. The summed E-state index contributed by atoms with van der Waals surface area (Å²) in [5.41, 5.74) is 4.16. The van der Waals surface area contributed by atoms with Crippen LogP contribution in [0.25, 0.3) is 11.1 Å². The Kier molecular flexibility index (Phi) is 8.20. The van der Waals surface area contributed by atoms with Crippen LogP contribution < -0.4 is 10.6 Å². The fourth-order valence-electron chi connectivity index (χ4n) is 4.45. The minimum atomic E-state index is -0.970. The van der Waals surface area contributed by atoms with E-state index >= 15 is 0 Å². The standard InChI is InChI=1S/C28H36N2O5/c1-17(2)23(14-25(31)30-24(15-26(32)33)28(3,4)5)29-27(34)35-16-22-20-12-8-6-10-18(20)19-11-7-9-13-21(19)22/h6-13,17,22-24H,14-16H2,1-5H3,(H,29,34)(H,30,31)(H,32,33)/t23-,24?/m1/s1. The Balaban J connectivity index is 1.61. The number of rotatable bonds is 9. The molecule has 0 aromatic heterocycles. The maximum absolute atomic E-state index is 12.7. The van der Waals surface area contributed by atoms with Crippen molar-refractivity contribution in [2.24, 2.45) is 11.3 Å². The second-order valence-corrected chi connectivity index (χ2v) is 10.6. The number of carbonyl (C=O) groups is 3. The summed E-state index contributed by atoms with van der Waals surface area (Å²) in [5.74, 6) is -1.34. The van der Waals surface area contributed by atoms with Crippen LogP contribution in [0, 0.1) is 11.3 Å². The third kappa shape index (κ3) is 6.62. The van der Waals surface area contributed by atoms with Gasteiger partial charge in [-0.1, -0.05) is 83.1 Å². The highest BCUT2D eigenvalue weighted by Crippen LogP contribution is 2.44. The molecular weight excluding hydrogens is 444 g/mol. The molecule has 2 aromatic rings. The summed E-state index contributed by atoms with van der Waals surface area (Å²) in [7, 11) is 0. The van der Waals surface area contributed by atoms with E-state index in [4.69, 9.17) is 4.74 Å². The zero-order valence-electron chi connectivity index (χ0n) is 21.1. The van der Waals surface area contributed by atoms with Gasteiger partial charge in [-0.25, -0.2) is 4.79 Å². The maximum atomic E-state index is 12.7. The molecule has 1 aliphatic rings. The number of benzene rings is 2. The summed E-state index contributed by atoms with van der Waals surface area (Å²) >= 11 is 0. The van der Waals surface area contributed by atoms with Gasteiger partial charge in [0.1, 0.15) is 6.61 Å². The van der Waals surface area contributed by atoms with E-state index in [9.17, 15) is 19.5 Å². The van der Waals surface area contributed by atoms with Crippen LogP contribution in [-0.2, 0) is 14.3 Å². The van der Waals surface area contributed by atoms with E-state index in [1.807, 2.05) is 58.9 Å². The first-order chi connectivity index (χ1) is 16.5. The van der Waals surface area contributed by atoms with Gasteiger partial charge in [-0.2, -0.15) is 0 Å². The number of hydrogen-bond donors (Lipinski definition) is 3. The minimum Gasteiger partial charge on any atom is -0.481 e. The number of carbonyl (C=O) groups excluding carboxylic acids is 2. The smallest absolute Gasteiger partial charge is 0.407 e. The minimum absolute atomic E-state index is 0.0196. The van der Waals surface area contributed by atoms with Gasteiger partial charge in [-0.15, -0.1) is 0 Å². The van der Waals surface area contributed by atoms with Crippen molar-refractivity contribution in [1.82, 2.24) is 10.6 Å². The summed E-state index contributed by atoms with van der Waals surface area (Å²) in [4.78, 5) is 36.7. The molecule has 2 atom stereocenters. The monoisotopic (exact) mass is 480 g/mol. The van der Waals surface area contributed by atoms with Gasteiger partial charge in [-0.05, 0) is 33.6 Å². The molecule has 3 N–H and O–H groups in total. The molecule has 3 rings (SSSR count). The summed E-state index contributed by atoms with van der Waals surface area (Å²) in [6, 6.07) is 15.3. The molecule has 0 radical (unpaired) electrons. The molecule has 0 spiro atoms. The Morgan fingerprint density at radius 3 is 1.94 bits per heavy atom. The van der Waals surface area contributed by atoms with Crippen molar-refractivity contribution >= 4 is 18.0 Å². The van der Waals surface area contributed by atoms with E-state index in [1.165, 1.54) is 0 Å². The van der Waals surface area contributed by atoms with E-state index in [0.29, 0.717) is 0 Å². The average molecular weight is 481 g/mol. The quantitative estimate of drug-likeness (QED) is 0.471. The van der Waals surface area contributed by atoms with Gasteiger partial charge < -0.3 is 20.5 Å². The molecule has 0 aliphatic heterocycles. The Labute approximate surface area is 207 Å². The van der Waals surface area contributed by atoms with Crippen LogP contribution >= 0.6 is 0 Å². The van der Waals surface area contributed by atoms with Crippen molar-refractivity contribution in [2.75, 3.05) is 6.61 Å². The lowest BCUT2D eigenvalue weighted by Crippen LogP contribution is -2.48. The predicted molar refractivity (Wildman–Crippen MR) is 135 cm³/mol. The van der Waals surface area contributed by atoms with Crippen molar-refractivity contribution in [3.63, 3.8) is 0 Å². The van der Waals surface area contributed by atoms with Crippen molar-refractivity contribution in [2.45, 2.75) is 65.5 Å². The van der Waals surface area contributed by atoms with E-state index in [0.717, 1.165) is 22.3 Å². The number of amides is 2. The molecule has 35 heavy (non-hydrogen) atoms. The first-order valence-electron chi connectivity index (χ1n) is 12.1. The number of carboxylic acids is 1. The summed E-state index contributed by atoms with van der Waals surface area (Å²) in [5, 5.41) is 14.9. The van der Waals surface area contributed by atoms with Crippen molar-refractivity contribution in [3.05, 3.63) is 59.7 Å². The first kappa shape index (κ1) is 26.3. The van der Waals surface area contributed by atoms with Crippen molar-refractivity contribution in [1.29, 1.82) is 0 Å². The molecule has 0 saturated heterocycles. The van der Waals surface area contributed by atoms with E-state index in [2.05, 4.69) is 34.9 Å². The molecule has 0 saturated carbocycles. The number of hydrogen-bond acceptors (Lipinski definition) is 4. The number of ether oxygens (including phenoxy) is 1. The molecule has 7 nitrogen and oxygen atoms in total. The number of nitrogens with one attached hydrogen (secondary N) is 2. The lowest BCUT2D eigenvalue weighted by Gasteiger charge is -2.31. The molecule has 1 aliphatic carbocycles. The fraction of sp³-hybridized carbons (Fsp3) is 0.464. The molecule has 0 heterocycles. The number of fused-ring (bicyclic) bond motifs is 3. The van der Waals surface area contributed by atoms with Crippen LogP contribution in [0.4, 0.5) is 4.79 Å². The Morgan fingerprint density at radius 2 is 1.46 bits per heavy atom. The highest BCUT2D eigenvalue weighted by molar-refractivity contribution is 5.80. The van der Waals surface area contributed by atoms with Gasteiger partial charge in [0.15, 0.2) is 0 Å². The molecule has 188 valence electrons.